The lowest BCUT2D eigenvalue weighted by atomic mass is 10.2. The van der Waals surface area contributed by atoms with Crippen LogP contribution in [0.15, 0.2) is 0 Å². The summed E-state index contributed by atoms with van der Waals surface area (Å²) in [6.45, 7) is 1.46. The molecule has 2 aliphatic rings. The standard InChI is InChI=1S/C7H14N2O2S/c1-8-12(10,11)7-4-9(5-7)6-2-3-6/h6-8H,2-5H2,1H3. The van der Waals surface area contributed by atoms with Gasteiger partial charge in [-0.15, -0.1) is 0 Å². The maximum Gasteiger partial charge on any atom is 0.216 e. The fourth-order valence-corrected chi connectivity index (χ4v) is 2.68. The predicted octanol–water partition coefficient (Wildman–Crippen LogP) is -0.618. The molecule has 12 heavy (non-hydrogen) atoms. The Labute approximate surface area is 73.0 Å². The Bertz CT molecular complexity index is 265. The van der Waals surface area contributed by atoms with Crippen LogP contribution in [0.5, 0.6) is 0 Å². The molecule has 0 aromatic heterocycles. The summed E-state index contributed by atoms with van der Waals surface area (Å²) < 4.78 is 24.8. The second kappa shape index (κ2) is 2.68. The Morgan fingerprint density at radius 2 is 1.92 bits per heavy atom. The molecule has 0 unspecified atom stereocenters. The van der Waals surface area contributed by atoms with Crippen LogP contribution in [0, 0.1) is 0 Å². The second-order valence-corrected chi connectivity index (χ2v) is 5.72. The predicted molar refractivity (Wildman–Crippen MR) is 46.4 cm³/mol. The molecule has 0 aromatic carbocycles. The summed E-state index contributed by atoms with van der Waals surface area (Å²) in [5.74, 6) is 0. The first-order valence-electron chi connectivity index (χ1n) is 4.30. The van der Waals surface area contributed by atoms with Gasteiger partial charge in [-0.05, 0) is 19.9 Å². The van der Waals surface area contributed by atoms with Gasteiger partial charge in [-0.1, -0.05) is 0 Å². The normalized spacial score (nSPS) is 27.1. The molecule has 0 aromatic rings. The van der Waals surface area contributed by atoms with E-state index in [1.54, 1.807) is 0 Å². The average Bonchev–Trinajstić information content (AvgIpc) is 2.67. The van der Waals surface area contributed by atoms with Crippen molar-refractivity contribution in [2.24, 2.45) is 0 Å². The zero-order valence-electron chi connectivity index (χ0n) is 7.16. The van der Waals surface area contributed by atoms with E-state index in [1.807, 2.05) is 0 Å². The zero-order valence-corrected chi connectivity index (χ0v) is 7.97. The summed E-state index contributed by atoms with van der Waals surface area (Å²) in [7, 11) is -1.51. The second-order valence-electron chi connectivity index (χ2n) is 3.56. The zero-order chi connectivity index (χ0) is 8.77. The smallest absolute Gasteiger partial charge is 0.216 e. The van der Waals surface area contributed by atoms with E-state index >= 15 is 0 Å². The van der Waals surface area contributed by atoms with Crippen LogP contribution in [0.3, 0.4) is 0 Å². The summed E-state index contributed by atoms with van der Waals surface area (Å²) in [4.78, 5) is 2.25. The van der Waals surface area contributed by atoms with Crippen LogP contribution in [0.25, 0.3) is 0 Å². The molecule has 1 saturated heterocycles. The van der Waals surface area contributed by atoms with Gasteiger partial charge >= 0.3 is 0 Å². The molecular formula is C7H14N2O2S. The molecule has 2 fully saturated rings. The molecule has 2 rings (SSSR count). The SMILES string of the molecule is CNS(=O)(=O)C1CN(C2CC2)C1. The monoisotopic (exact) mass is 190 g/mol. The van der Waals surface area contributed by atoms with E-state index < -0.39 is 10.0 Å². The maximum absolute atomic E-state index is 11.2. The molecule has 4 nitrogen and oxygen atoms in total. The van der Waals surface area contributed by atoms with Crippen LogP contribution in [0.4, 0.5) is 0 Å². The van der Waals surface area contributed by atoms with Crippen molar-refractivity contribution in [2.45, 2.75) is 24.1 Å². The molecule has 1 aliphatic heterocycles. The van der Waals surface area contributed by atoms with Gasteiger partial charge in [0.25, 0.3) is 0 Å². The molecule has 0 radical (unpaired) electrons. The van der Waals surface area contributed by atoms with Gasteiger partial charge < -0.3 is 0 Å². The van der Waals surface area contributed by atoms with Gasteiger partial charge in [0.15, 0.2) is 0 Å². The third-order valence-electron chi connectivity index (χ3n) is 2.66. The number of nitrogens with one attached hydrogen (secondary N) is 1. The van der Waals surface area contributed by atoms with Gasteiger partial charge in [-0.3, -0.25) is 4.90 Å². The number of rotatable bonds is 3. The van der Waals surface area contributed by atoms with Gasteiger partial charge in [0.1, 0.15) is 5.25 Å². The first kappa shape index (κ1) is 8.47. The van der Waals surface area contributed by atoms with Gasteiger partial charge in [0, 0.05) is 19.1 Å². The Morgan fingerprint density at radius 3 is 2.33 bits per heavy atom. The van der Waals surface area contributed by atoms with Crippen molar-refractivity contribution in [3.8, 4) is 0 Å². The minimum Gasteiger partial charge on any atom is -0.298 e. The number of sulfonamides is 1. The van der Waals surface area contributed by atoms with Crippen LogP contribution >= 0.6 is 0 Å². The van der Waals surface area contributed by atoms with Gasteiger partial charge in [0.05, 0.1) is 0 Å². The highest BCUT2D eigenvalue weighted by Crippen LogP contribution is 2.32. The summed E-state index contributed by atoms with van der Waals surface area (Å²) in [5.41, 5.74) is 0. The molecule has 0 amide bonds. The maximum atomic E-state index is 11.2. The topological polar surface area (TPSA) is 49.4 Å². The lowest BCUT2D eigenvalue weighted by Gasteiger charge is -2.38. The van der Waals surface area contributed by atoms with Crippen LogP contribution in [0.1, 0.15) is 12.8 Å². The van der Waals surface area contributed by atoms with Crippen LogP contribution in [0.2, 0.25) is 0 Å². The minimum atomic E-state index is -2.99. The first-order valence-corrected chi connectivity index (χ1v) is 5.84. The summed E-state index contributed by atoms with van der Waals surface area (Å²) in [5, 5.41) is -0.164. The number of likely N-dealkylation sites (tertiary alicyclic amines) is 1. The number of hydrogen-bond donors (Lipinski definition) is 1. The van der Waals surface area contributed by atoms with Crippen molar-refractivity contribution in [1.82, 2.24) is 9.62 Å². The highest BCUT2D eigenvalue weighted by atomic mass is 32.2. The van der Waals surface area contributed by atoms with Crippen LogP contribution in [-0.4, -0.2) is 44.7 Å². The highest BCUT2D eigenvalue weighted by molar-refractivity contribution is 7.90. The van der Waals surface area contributed by atoms with Crippen molar-refractivity contribution in [3.05, 3.63) is 0 Å². The fourth-order valence-electron chi connectivity index (χ4n) is 1.57. The third kappa shape index (κ3) is 1.36. The van der Waals surface area contributed by atoms with Crippen molar-refractivity contribution in [3.63, 3.8) is 0 Å². The highest BCUT2D eigenvalue weighted by Gasteiger charge is 2.43. The van der Waals surface area contributed by atoms with Gasteiger partial charge in [-0.2, -0.15) is 0 Å². The quantitative estimate of drug-likeness (QED) is 0.645. The summed E-state index contributed by atoms with van der Waals surface area (Å²) in [6, 6.07) is 0.702. The van der Waals surface area contributed by atoms with Gasteiger partial charge in [-0.25, -0.2) is 13.1 Å². The van der Waals surface area contributed by atoms with Crippen molar-refractivity contribution >= 4 is 10.0 Å². The van der Waals surface area contributed by atoms with E-state index in [2.05, 4.69) is 9.62 Å². The first-order chi connectivity index (χ1) is 5.63. The Kier molecular flexibility index (Phi) is 1.89. The average molecular weight is 190 g/mol. The Balaban J connectivity index is 1.87. The van der Waals surface area contributed by atoms with E-state index in [0.717, 1.165) is 13.1 Å². The number of nitrogens with zero attached hydrogens (tertiary/aromatic N) is 1. The fraction of sp³-hybridized carbons (Fsp3) is 1.00. The molecular weight excluding hydrogens is 176 g/mol. The summed E-state index contributed by atoms with van der Waals surface area (Å²) >= 11 is 0. The summed E-state index contributed by atoms with van der Waals surface area (Å²) in [6.07, 6.45) is 2.51. The molecule has 0 atom stereocenters. The van der Waals surface area contributed by atoms with E-state index in [9.17, 15) is 8.42 Å². The van der Waals surface area contributed by atoms with Gasteiger partial charge in [0.2, 0.25) is 10.0 Å². The van der Waals surface area contributed by atoms with Crippen LogP contribution < -0.4 is 4.72 Å². The molecule has 1 N–H and O–H groups in total. The van der Waals surface area contributed by atoms with Crippen molar-refractivity contribution in [2.75, 3.05) is 20.1 Å². The lowest BCUT2D eigenvalue weighted by Crippen LogP contribution is -2.57. The lowest BCUT2D eigenvalue weighted by molar-refractivity contribution is 0.174. The van der Waals surface area contributed by atoms with E-state index in [-0.39, 0.29) is 5.25 Å². The molecule has 5 heteroatoms. The molecule has 70 valence electrons. The Hall–Kier alpha value is -0.130. The largest absolute Gasteiger partial charge is 0.298 e. The third-order valence-corrected chi connectivity index (χ3v) is 4.41. The van der Waals surface area contributed by atoms with Crippen LogP contribution in [-0.2, 0) is 10.0 Å². The van der Waals surface area contributed by atoms with E-state index in [1.165, 1.54) is 19.9 Å². The molecule has 0 spiro atoms. The van der Waals surface area contributed by atoms with Crippen molar-refractivity contribution in [1.29, 1.82) is 0 Å². The van der Waals surface area contributed by atoms with E-state index in [4.69, 9.17) is 0 Å². The minimum absolute atomic E-state index is 0.164. The Morgan fingerprint density at radius 1 is 1.33 bits per heavy atom. The molecule has 0 bridgehead atoms. The molecule has 1 heterocycles. The molecule has 1 aliphatic carbocycles. The van der Waals surface area contributed by atoms with Crippen molar-refractivity contribution < 1.29 is 8.42 Å². The number of hydrogen-bond acceptors (Lipinski definition) is 3. The van der Waals surface area contributed by atoms with E-state index in [0.29, 0.717) is 6.04 Å². The molecule has 1 saturated carbocycles.